The van der Waals surface area contributed by atoms with Crippen LogP contribution >= 0.6 is 0 Å². The lowest BCUT2D eigenvalue weighted by molar-refractivity contribution is 0.0997. The van der Waals surface area contributed by atoms with E-state index in [2.05, 4.69) is 51.9 Å². The molecular weight excluding hydrogens is 458 g/mol. The molecule has 0 unspecified atom stereocenters. The largest absolute Gasteiger partial charge is 0.496 e. The van der Waals surface area contributed by atoms with Crippen molar-refractivity contribution in [2.75, 3.05) is 23.1 Å². The molecule has 0 aliphatic carbocycles. The molecule has 0 saturated carbocycles. The third-order valence-electron chi connectivity index (χ3n) is 5.71. The number of ether oxygens (including phenoxy) is 1. The molecule has 0 spiro atoms. The van der Waals surface area contributed by atoms with Crippen LogP contribution in [0.15, 0.2) is 48.7 Å². The second-order valence-corrected chi connectivity index (χ2v) is 9.44. The Morgan fingerprint density at radius 3 is 2.44 bits per heavy atom. The Kier molecular flexibility index (Phi) is 6.52. The Balaban J connectivity index is 1.51. The first-order valence-corrected chi connectivity index (χ1v) is 11.3. The molecule has 0 radical (unpaired) electrons. The molecular formula is C26H29N7O3. The molecule has 0 aliphatic heterocycles. The summed E-state index contributed by atoms with van der Waals surface area (Å²) in [5.74, 6) is 0.232. The molecule has 10 heteroatoms. The monoisotopic (exact) mass is 487 g/mol. The first-order chi connectivity index (χ1) is 17.0. The maximum atomic E-state index is 12.5. The summed E-state index contributed by atoms with van der Waals surface area (Å²) in [6.07, 6.45) is 1.67. The number of nitrogens with zero attached hydrogens (tertiary/aromatic N) is 2. The number of nitrogens with two attached hydrogens (primary N) is 1. The minimum atomic E-state index is -0.585. The highest BCUT2D eigenvalue weighted by molar-refractivity contribution is 6.03. The molecule has 36 heavy (non-hydrogen) atoms. The number of benzene rings is 2. The van der Waals surface area contributed by atoms with Gasteiger partial charge < -0.3 is 21.1 Å². The third-order valence-corrected chi connectivity index (χ3v) is 5.71. The van der Waals surface area contributed by atoms with Gasteiger partial charge >= 0.3 is 6.03 Å². The standard InChI is InChI=1S/C26H29N7O3/c1-14-10-15(29-25(35)31-23-13-22(32-33-23)26(2,3)4)6-7-18(14)30-19-8-9-28-20-12-21(36-5)17(24(27)34)11-16(19)20/h6-13H,1-5H3,(H2,27,34)(H,28,30)(H3,29,31,32,33,35). The van der Waals surface area contributed by atoms with Crippen LogP contribution in [0, 0.1) is 6.92 Å². The number of primary amides is 1. The van der Waals surface area contributed by atoms with Gasteiger partial charge in [-0.15, -0.1) is 0 Å². The minimum absolute atomic E-state index is 0.100. The van der Waals surface area contributed by atoms with Crippen LogP contribution in [0.4, 0.5) is 27.7 Å². The number of amides is 3. The molecule has 6 N–H and O–H groups in total. The van der Waals surface area contributed by atoms with E-state index in [1.807, 2.05) is 31.2 Å². The van der Waals surface area contributed by atoms with Gasteiger partial charge in [0.2, 0.25) is 0 Å². The number of hydrogen-bond donors (Lipinski definition) is 5. The Morgan fingerprint density at radius 2 is 1.81 bits per heavy atom. The molecule has 0 saturated heterocycles. The second-order valence-electron chi connectivity index (χ2n) is 9.44. The fourth-order valence-electron chi connectivity index (χ4n) is 3.72. The summed E-state index contributed by atoms with van der Waals surface area (Å²) < 4.78 is 5.28. The summed E-state index contributed by atoms with van der Waals surface area (Å²) in [4.78, 5) is 28.7. The zero-order valence-electron chi connectivity index (χ0n) is 20.8. The van der Waals surface area contributed by atoms with Crippen LogP contribution < -0.4 is 26.4 Å². The minimum Gasteiger partial charge on any atom is -0.496 e. The fraction of sp³-hybridized carbons (Fsp3) is 0.231. The third kappa shape index (κ3) is 5.22. The summed E-state index contributed by atoms with van der Waals surface area (Å²) in [6.45, 7) is 8.11. The van der Waals surface area contributed by atoms with Crippen molar-refractivity contribution in [1.29, 1.82) is 0 Å². The highest BCUT2D eigenvalue weighted by Gasteiger charge is 2.18. The Hall–Kier alpha value is -4.60. The SMILES string of the molecule is COc1cc2nccc(Nc3ccc(NC(=O)Nc4cc(C(C)(C)C)[nH]n4)cc3C)c2cc1C(N)=O. The lowest BCUT2D eigenvalue weighted by Gasteiger charge is -2.15. The molecule has 0 fully saturated rings. The topological polar surface area (TPSA) is 147 Å². The van der Waals surface area contributed by atoms with Crippen LogP contribution in [0.5, 0.6) is 5.75 Å². The van der Waals surface area contributed by atoms with Crippen LogP contribution in [-0.2, 0) is 5.41 Å². The number of urea groups is 1. The molecule has 2 aromatic heterocycles. The number of hydrogen-bond acceptors (Lipinski definition) is 6. The van der Waals surface area contributed by atoms with E-state index in [0.717, 1.165) is 28.0 Å². The number of H-pyrrole nitrogens is 1. The average Bonchev–Trinajstić information content (AvgIpc) is 3.29. The van der Waals surface area contributed by atoms with Gasteiger partial charge in [0.1, 0.15) is 5.75 Å². The molecule has 0 atom stereocenters. The van der Waals surface area contributed by atoms with E-state index in [1.54, 1.807) is 24.4 Å². The van der Waals surface area contributed by atoms with E-state index >= 15 is 0 Å². The molecule has 186 valence electrons. The van der Waals surface area contributed by atoms with Gasteiger partial charge in [-0.05, 0) is 42.8 Å². The molecule has 4 aromatic rings. The van der Waals surface area contributed by atoms with Crippen LogP contribution in [-0.4, -0.2) is 34.2 Å². The summed E-state index contributed by atoms with van der Waals surface area (Å²) >= 11 is 0. The highest BCUT2D eigenvalue weighted by atomic mass is 16.5. The second kappa shape index (κ2) is 9.57. The smallest absolute Gasteiger partial charge is 0.324 e. The predicted octanol–water partition coefficient (Wildman–Crippen LogP) is 5.06. The molecule has 0 bridgehead atoms. The van der Waals surface area contributed by atoms with Crippen molar-refractivity contribution in [2.45, 2.75) is 33.1 Å². The number of aromatic nitrogens is 3. The van der Waals surface area contributed by atoms with Crippen LogP contribution in [0.1, 0.15) is 42.4 Å². The lowest BCUT2D eigenvalue weighted by Crippen LogP contribution is -2.19. The average molecular weight is 488 g/mol. The number of carbonyl (C=O) groups excluding carboxylic acids is 2. The fourth-order valence-corrected chi connectivity index (χ4v) is 3.72. The van der Waals surface area contributed by atoms with E-state index < -0.39 is 11.9 Å². The molecule has 2 aromatic carbocycles. The number of anilines is 4. The molecule has 3 amide bonds. The molecule has 10 nitrogen and oxygen atoms in total. The lowest BCUT2D eigenvalue weighted by atomic mass is 9.92. The first kappa shape index (κ1) is 24.5. The van der Waals surface area contributed by atoms with Crippen molar-refractivity contribution in [2.24, 2.45) is 5.73 Å². The van der Waals surface area contributed by atoms with Gasteiger partial charge in [-0.3, -0.25) is 20.2 Å². The van der Waals surface area contributed by atoms with Gasteiger partial charge in [0.15, 0.2) is 5.82 Å². The van der Waals surface area contributed by atoms with Gasteiger partial charge in [0.25, 0.3) is 5.91 Å². The van der Waals surface area contributed by atoms with E-state index in [9.17, 15) is 9.59 Å². The van der Waals surface area contributed by atoms with Crippen molar-refractivity contribution in [1.82, 2.24) is 15.2 Å². The van der Waals surface area contributed by atoms with Crippen molar-refractivity contribution in [3.05, 3.63) is 65.5 Å². The molecule has 2 heterocycles. The summed E-state index contributed by atoms with van der Waals surface area (Å²) in [7, 11) is 1.48. The van der Waals surface area contributed by atoms with Gasteiger partial charge in [0.05, 0.1) is 18.2 Å². The van der Waals surface area contributed by atoms with E-state index in [4.69, 9.17) is 10.5 Å². The zero-order chi connectivity index (χ0) is 26.0. The maximum absolute atomic E-state index is 12.5. The van der Waals surface area contributed by atoms with Crippen molar-refractivity contribution in [3.8, 4) is 5.75 Å². The predicted molar refractivity (Wildman–Crippen MR) is 141 cm³/mol. The maximum Gasteiger partial charge on any atom is 0.324 e. The number of fused-ring (bicyclic) bond motifs is 1. The summed E-state index contributed by atoms with van der Waals surface area (Å²) in [5.41, 5.74) is 10.4. The molecule has 4 rings (SSSR count). The highest BCUT2D eigenvalue weighted by Crippen LogP contribution is 2.32. The number of aromatic amines is 1. The first-order valence-electron chi connectivity index (χ1n) is 11.3. The van der Waals surface area contributed by atoms with Gasteiger partial charge in [-0.25, -0.2) is 4.79 Å². The Labute approximate surface area is 208 Å². The quantitative estimate of drug-likeness (QED) is 0.257. The number of aryl methyl sites for hydroxylation is 1. The zero-order valence-corrected chi connectivity index (χ0v) is 20.8. The van der Waals surface area contributed by atoms with Crippen LogP contribution in [0.25, 0.3) is 10.9 Å². The van der Waals surface area contributed by atoms with E-state index in [-0.39, 0.29) is 11.0 Å². The summed E-state index contributed by atoms with van der Waals surface area (Å²) in [6, 6.07) is 12.1. The van der Waals surface area contributed by atoms with Gasteiger partial charge in [-0.2, -0.15) is 5.10 Å². The van der Waals surface area contributed by atoms with Crippen molar-refractivity contribution < 1.29 is 14.3 Å². The normalized spacial score (nSPS) is 11.2. The van der Waals surface area contributed by atoms with Crippen LogP contribution in [0.3, 0.4) is 0 Å². The summed E-state index contributed by atoms with van der Waals surface area (Å²) in [5, 5.41) is 16.8. The van der Waals surface area contributed by atoms with Gasteiger partial charge in [0, 0.05) is 51.9 Å². The Bertz CT molecular complexity index is 1450. The van der Waals surface area contributed by atoms with Crippen LogP contribution in [0.2, 0.25) is 0 Å². The number of nitrogens with one attached hydrogen (secondary N) is 4. The Morgan fingerprint density at radius 1 is 1.03 bits per heavy atom. The van der Waals surface area contributed by atoms with Crippen molar-refractivity contribution in [3.63, 3.8) is 0 Å². The number of rotatable bonds is 6. The van der Waals surface area contributed by atoms with E-state index in [1.165, 1.54) is 7.11 Å². The van der Waals surface area contributed by atoms with Gasteiger partial charge in [-0.1, -0.05) is 20.8 Å². The number of pyridine rings is 1. The number of methoxy groups -OCH3 is 1. The van der Waals surface area contributed by atoms with Crippen molar-refractivity contribution >= 4 is 45.7 Å². The number of carbonyl (C=O) groups is 2. The van der Waals surface area contributed by atoms with E-state index in [0.29, 0.717) is 22.8 Å². The molecule has 0 aliphatic rings.